The van der Waals surface area contributed by atoms with Crippen LogP contribution in [0.3, 0.4) is 0 Å². The minimum absolute atomic E-state index is 0.159. The molecule has 2 N–H and O–H groups in total. The van der Waals surface area contributed by atoms with Gasteiger partial charge in [-0.15, -0.1) is 6.58 Å². The largest absolute Gasteiger partial charge is 0.378 e. The first-order chi connectivity index (χ1) is 18.4. The van der Waals surface area contributed by atoms with Crippen molar-refractivity contribution in [2.45, 2.75) is 61.0 Å². The molecule has 1 aromatic heterocycles. The predicted molar refractivity (Wildman–Crippen MR) is 147 cm³/mol. The van der Waals surface area contributed by atoms with Crippen molar-refractivity contribution in [3.8, 4) is 11.4 Å². The second-order valence-corrected chi connectivity index (χ2v) is 13.3. The van der Waals surface area contributed by atoms with Crippen LogP contribution < -0.4 is 15.5 Å². The molecule has 0 spiro atoms. The topological polar surface area (TPSA) is 114 Å². The van der Waals surface area contributed by atoms with Crippen LogP contribution in [0, 0.1) is 5.92 Å². The number of sulfone groups is 1. The number of anilines is 2. The summed E-state index contributed by atoms with van der Waals surface area (Å²) >= 11 is 0. The third-order valence-electron chi connectivity index (χ3n) is 8.21. The van der Waals surface area contributed by atoms with Crippen LogP contribution in [0.5, 0.6) is 0 Å². The van der Waals surface area contributed by atoms with E-state index in [0.29, 0.717) is 56.4 Å². The van der Waals surface area contributed by atoms with E-state index in [1.165, 1.54) is 0 Å². The Kier molecular flexibility index (Phi) is 6.63. The van der Waals surface area contributed by atoms with Gasteiger partial charge < -0.3 is 20.3 Å². The number of amides is 2. The molecule has 1 saturated heterocycles. The van der Waals surface area contributed by atoms with Gasteiger partial charge in [-0.25, -0.2) is 23.2 Å². The van der Waals surface area contributed by atoms with Crippen molar-refractivity contribution in [1.82, 2.24) is 15.3 Å². The SMILES string of the molecule is C=CC(C1CC1)S(=O)(=O)C1(c2cc(N3CCOCC3)nc(-c3ccc(NC(=O)NC4CC4)cc3)n2)CCC1. The molecule has 2 heterocycles. The highest BCUT2D eigenvalue weighted by molar-refractivity contribution is 7.93. The van der Waals surface area contributed by atoms with Crippen molar-refractivity contribution in [3.63, 3.8) is 0 Å². The Hall–Kier alpha value is -2.98. The van der Waals surface area contributed by atoms with Crippen LogP contribution in [0.4, 0.5) is 16.3 Å². The molecule has 2 amide bonds. The summed E-state index contributed by atoms with van der Waals surface area (Å²) < 4.78 is 32.7. The van der Waals surface area contributed by atoms with E-state index in [1.807, 2.05) is 30.3 Å². The third-order valence-corrected chi connectivity index (χ3v) is 11.2. The Bertz CT molecular complexity index is 1310. The molecule has 1 aromatic carbocycles. The molecule has 202 valence electrons. The number of carbonyl (C=O) groups excluding carboxylic acids is 1. The Balaban J connectivity index is 1.36. The third kappa shape index (κ3) is 4.80. The molecule has 1 atom stereocenters. The lowest BCUT2D eigenvalue weighted by Crippen LogP contribution is -2.48. The maximum Gasteiger partial charge on any atom is 0.319 e. The zero-order valence-electron chi connectivity index (χ0n) is 21.6. The molecule has 0 radical (unpaired) electrons. The van der Waals surface area contributed by atoms with E-state index in [-0.39, 0.29) is 18.0 Å². The summed E-state index contributed by atoms with van der Waals surface area (Å²) in [5.74, 6) is 1.37. The summed E-state index contributed by atoms with van der Waals surface area (Å²) in [6.45, 7) is 6.46. The van der Waals surface area contributed by atoms with Gasteiger partial charge in [0, 0.05) is 36.4 Å². The Morgan fingerprint density at radius 3 is 2.39 bits per heavy atom. The van der Waals surface area contributed by atoms with E-state index in [1.54, 1.807) is 6.08 Å². The van der Waals surface area contributed by atoms with E-state index in [9.17, 15) is 13.2 Å². The number of rotatable bonds is 9. The minimum atomic E-state index is -3.54. The molecular formula is C28H35N5O4S. The van der Waals surface area contributed by atoms with Crippen molar-refractivity contribution in [2.24, 2.45) is 5.92 Å². The van der Waals surface area contributed by atoms with Crippen molar-refractivity contribution in [1.29, 1.82) is 0 Å². The molecule has 3 saturated carbocycles. The summed E-state index contributed by atoms with van der Waals surface area (Å²) in [7, 11) is -3.54. The van der Waals surface area contributed by atoms with Gasteiger partial charge in [0.1, 0.15) is 10.6 Å². The van der Waals surface area contributed by atoms with Crippen molar-refractivity contribution >= 4 is 27.4 Å². The number of nitrogens with zero attached hydrogens (tertiary/aromatic N) is 3. The Morgan fingerprint density at radius 2 is 1.82 bits per heavy atom. The first-order valence-corrected chi connectivity index (χ1v) is 15.2. The fraction of sp³-hybridized carbons (Fsp3) is 0.536. The zero-order chi connectivity index (χ0) is 26.3. The number of hydrogen-bond acceptors (Lipinski definition) is 7. The fourth-order valence-corrected chi connectivity index (χ4v) is 8.28. The van der Waals surface area contributed by atoms with Crippen LogP contribution in [0.1, 0.15) is 50.6 Å². The summed E-state index contributed by atoms with van der Waals surface area (Å²) in [6, 6.07) is 9.33. The maximum atomic E-state index is 14.1. The fourth-order valence-electron chi connectivity index (χ4n) is 5.48. The van der Waals surface area contributed by atoms with Gasteiger partial charge in [-0.3, -0.25) is 0 Å². The van der Waals surface area contributed by atoms with Crippen LogP contribution in [0.25, 0.3) is 11.4 Å². The number of urea groups is 1. The molecule has 1 aliphatic heterocycles. The molecule has 0 bridgehead atoms. The van der Waals surface area contributed by atoms with Gasteiger partial charge in [0.2, 0.25) is 0 Å². The maximum absolute atomic E-state index is 14.1. The highest BCUT2D eigenvalue weighted by atomic mass is 32.2. The molecule has 9 nitrogen and oxygen atoms in total. The number of hydrogen-bond donors (Lipinski definition) is 2. The molecule has 6 rings (SSSR count). The molecule has 1 unspecified atom stereocenters. The number of aromatic nitrogens is 2. The summed E-state index contributed by atoms with van der Waals surface area (Å²) in [4.78, 5) is 24.1. The monoisotopic (exact) mass is 537 g/mol. The van der Waals surface area contributed by atoms with E-state index < -0.39 is 19.8 Å². The smallest absolute Gasteiger partial charge is 0.319 e. The molecule has 10 heteroatoms. The quantitative estimate of drug-likeness (QED) is 0.465. The number of carbonyl (C=O) groups is 1. The van der Waals surface area contributed by atoms with Crippen LogP contribution in [0.15, 0.2) is 43.0 Å². The summed E-state index contributed by atoms with van der Waals surface area (Å²) in [5.41, 5.74) is 2.02. The second-order valence-electron chi connectivity index (χ2n) is 10.9. The molecule has 3 aliphatic carbocycles. The number of morpholine rings is 1. The lowest BCUT2D eigenvalue weighted by atomic mass is 9.81. The normalized spacial score (nSPS) is 21.7. The van der Waals surface area contributed by atoms with Crippen LogP contribution in [-0.2, 0) is 19.3 Å². The van der Waals surface area contributed by atoms with Gasteiger partial charge in [0.05, 0.1) is 24.2 Å². The number of nitrogens with one attached hydrogen (secondary N) is 2. The van der Waals surface area contributed by atoms with Gasteiger partial charge in [-0.1, -0.05) is 6.08 Å². The first-order valence-electron chi connectivity index (χ1n) is 13.7. The molecule has 4 aliphatic rings. The van der Waals surface area contributed by atoms with Gasteiger partial charge in [-0.05, 0) is 75.1 Å². The summed E-state index contributed by atoms with van der Waals surface area (Å²) in [5, 5.41) is 5.24. The van der Waals surface area contributed by atoms with E-state index in [2.05, 4.69) is 22.1 Å². The predicted octanol–water partition coefficient (Wildman–Crippen LogP) is 4.02. The van der Waals surface area contributed by atoms with Gasteiger partial charge >= 0.3 is 6.03 Å². The minimum Gasteiger partial charge on any atom is -0.378 e. The van der Waals surface area contributed by atoms with Crippen LogP contribution in [-0.4, -0.2) is 62.0 Å². The van der Waals surface area contributed by atoms with E-state index in [0.717, 1.165) is 43.5 Å². The first kappa shape index (κ1) is 25.3. The van der Waals surface area contributed by atoms with E-state index >= 15 is 0 Å². The van der Waals surface area contributed by atoms with Gasteiger partial charge in [0.15, 0.2) is 15.7 Å². The van der Waals surface area contributed by atoms with Gasteiger partial charge in [-0.2, -0.15) is 0 Å². The Labute approximate surface area is 224 Å². The summed E-state index contributed by atoms with van der Waals surface area (Å²) in [6.07, 6.45) is 7.51. The molecular weight excluding hydrogens is 502 g/mol. The second kappa shape index (κ2) is 9.96. The van der Waals surface area contributed by atoms with Crippen molar-refractivity contribution in [2.75, 3.05) is 36.5 Å². The van der Waals surface area contributed by atoms with Crippen LogP contribution in [0.2, 0.25) is 0 Å². The highest BCUT2D eigenvalue weighted by Gasteiger charge is 2.56. The zero-order valence-corrected chi connectivity index (χ0v) is 22.4. The lowest BCUT2D eigenvalue weighted by molar-refractivity contribution is 0.122. The van der Waals surface area contributed by atoms with Gasteiger partial charge in [0.25, 0.3) is 0 Å². The van der Waals surface area contributed by atoms with Crippen LogP contribution >= 0.6 is 0 Å². The van der Waals surface area contributed by atoms with E-state index in [4.69, 9.17) is 14.7 Å². The Morgan fingerprint density at radius 1 is 1.11 bits per heavy atom. The average molecular weight is 538 g/mol. The number of ether oxygens (including phenoxy) is 1. The molecule has 38 heavy (non-hydrogen) atoms. The standard InChI is InChI=1S/C28H35N5O4S/c1-2-23(19-4-5-19)38(35,36)28(12-3-13-28)24-18-25(33-14-16-37-17-15-33)32-26(31-24)20-6-8-21(9-7-20)29-27(34)30-22-10-11-22/h2,6-9,18-19,22-23H,1,3-5,10-17H2,(H2,29,30,34). The van der Waals surface area contributed by atoms with Crippen molar-refractivity contribution in [3.05, 3.63) is 48.7 Å². The molecule has 4 fully saturated rings. The lowest BCUT2D eigenvalue weighted by Gasteiger charge is -2.43. The number of benzene rings is 1. The van der Waals surface area contributed by atoms with Crippen molar-refractivity contribution < 1.29 is 17.9 Å². The molecule has 2 aromatic rings. The highest BCUT2D eigenvalue weighted by Crippen LogP contribution is 2.53. The average Bonchev–Trinajstić information content (AvgIpc) is 3.81.